The molecule has 1 heterocycles. The van der Waals surface area contributed by atoms with Crippen molar-refractivity contribution >= 4 is 22.6 Å². The minimum absolute atomic E-state index is 0. The van der Waals surface area contributed by atoms with E-state index in [1.165, 1.54) is 12.8 Å². The van der Waals surface area contributed by atoms with Gasteiger partial charge in [0.25, 0.3) is 10.2 Å². The molecule has 7 heteroatoms. The average molecular weight is 326 g/mol. The summed E-state index contributed by atoms with van der Waals surface area (Å²) < 4.78 is 29.2. The molecule has 0 spiro atoms. The Morgan fingerprint density at radius 3 is 2.25 bits per heavy atom. The molecule has 2 rings (SSSR count). The molecule has 1 atom stereocenters. The summed E-state index contributed by atoms with van der Waals surface area (Å²) in [7, 11) is -3.35. The Morgan fingerprint density at radius 2 is 1.75 bits per heavy atom. The average Bonchev–Trinajstić information content (AvgIpc) is 2.90. The summed E-state index contributed by atoms with van der Waals surface area (Å²) in [5, 5.41) is 0. The molecule has 0 aromatic rings. The lowest BCUT2D eigenvalue weighted by atomic mass is 9.99. The predicted molar refractivity (Wildman–Crippen MR) is 84.1 cm³/mol. The van der Waals surface area contributed by atoms with E-state index in [9.17, 15) is 8.42 Å². The fourth-order valence-corrected chi connectivity index (χ4v) is 4.70. The molecule has 5 nitrogen and oxygen atoms in total. The number of hydrogen-bond donors (Lipinski definition) is 2. The summed E-state index contributed by atoms with van der Waals surface area (Å²) in [5.41, 5.74) is 5.77. The van der Waals surface area contributed by atoms with Crippen molar-refractivity contribution in [1.82, 2.24) is 9.03 Å². The second kappa shape index (κ2) is 7.94. The molecule has 0 amide bonds. The van der Waals surface area contributed by atoms with E-state index in [0.717, 1.165) is 25.7 Å². The Morgan fingerprint density at radius 1 is 1.20 bits per heavy atom. The zero-order chi connectivity index (χ0) is 13.9. The van der Waals surface area contributed by atoms with Gasteiger partial charge < -0.3 is 5.73 Å². The van der Waals surface area contributed by atoms with Gasteiger partial charge in [-0.2, -0.15) is 17.4 Å². The van der Waals surface area contributed by atoms with Crippen LogP contribution >= 0.6 is 12.4 Å². The molecule has 0 aromatic carbocycles. The topological polar surface area (TPSA) is 75.4 Å². The van der Waals surface area contributed by atoms with Gasteiger partial charge in [-0.1, -0.05) is 19.8 Å². The molecule has 1 saturated carbocycles. The van der Waals surface area contributed by atoms with Crippen LogP contribution in [0.25, 0.3) is 0 Å². The van der Waals surface area contributed by atoms with E-state index >= 15 is 0 Å². The van der Waals surface area contributed by atoms with Crippen molar-refractivity contribution in [2.75, 3.05) is 19.6 Å². The molecule has 2 fully saturated rings. The first-order chi connectivity index (χ1) is 9.03. The fraction of sp³-hybridized carbons (Fsp3) is 1.00. The Balaban J connectivity index is 0.00000200. The second-order valence-electron chi connectivity index (χ2n) is 6.09. The number of nitrogens with zero attached hydrogens (tertiary/aromatic N) is 1. The number of nitrogens with two attached hydrogens (primary N) is 1. The SMILES string of the molecule is CC1CCN(S(=O)(=O)NC(CN)C2CCCC2)CC1.Cl. The highest BCUT2D eigenvalue weighted by molar-refractivity contribution is 7.87. The van der Waals surface area contributed by atoms with Gasteiger partial charge in [-0.15, -0.1) is 12.4 Å². The molecule has 0 radical (unpaired) electrons. The lowest BCUT2D eigenvalue weighted by Gasteiger charge is -2.32. The second-order valence-corrected chi connectivity index (χ2v) is 7.79. The van der Waals surface area contributed by atoms with Gasteiger partial charge in [0.1, 0.15) is 0 Å². The summed E-state index contributed by atoms with van der Waals surface area (Å²) in [6.45, 7) is 3.85. The summed E-state index contributed by atoms with van der Waals surface area (Å²) >= 11 is 0. The van der Waals surface area contributed by atoms with E-state index in [0.29, 0.717) is 31.5 Å². The number of rotatable bonds is 5. The molecule has 3 N–H and O–H groups in total. The van der Waals surface area contributed by atoms with Gasteiger partial charge in [-0.25, -0.2) is 0 Å². The molecule has 2 aliphatic rings. The van der Waals surface area contributed by atoms with Crippen molar-refractivity contribution in [2.24, 2.45) is 17.6 Å². The number of piperidine rings is 1. The molecule has 1 saturated heterocycles. The lowest BCUT2D eigenvalue weighted by molar-refractivity contribution is 0.280. The number of halogens is 1. The maximum absolute atomic E-state index is 12.4. The summed E-state index contributed by atoms with van der Waals surface area (Å²) in [6.07, 6.45) is 6.51. The van der Waals surface area contributed by atoms with Crippen molar-refractivity contribution in [3.63, 3.8) is 0 Å². The fourth-order valence-electron chi connectivity index (χ4n) is 3.19. The van der Waals surface area contributed by atoms with Gasteiger partial charge in [0.05, 0.1) is 0 Å². The van der Waals surface area contributed by atoms with Crippen LogP contribution < -0.4 is 10.5 Å². The first-order valence-corrected chi connectivity index (χ1v) is 8.94. The van der Waals surface area contributed by atoms with E-state index in [4.69, 9.17) is 5.73 Å². The molecule has 0 bridgehead atoms. The minimum Gasteiger partial charge on any atom is -0.329 e. The van der Waals surface area contributed by atoms with Gasteiger partial charge >= 0.3 is 0 Å². The lowest BCUT2D eigenvalue weighted by Crippen LogP contribution is -2.52. The maximum atomic E-state index is 12.4. The molecule has 120 valence electrons. The van der Waals surface area contributed by atoms with Gasteiger partial charge in [0, 0.05) is 25.7 Å². The third-order valence-electron chi connectivity index (χ3n) is 4.61. The zero-order valence-corrected chi connectivity index (χ0v) is 13.9. The van der Waals surface area contributed by atoms with Crippen LogP contribution in [-0.4, -0.2) is 38.4 Å². The molecule has 1 aliphatic heterocycles. The highest BCUT2D eigenvalue weighted by Gasteiger charge is 2.32. The van der Waals surface area contributed by atoms with Crippen molar-refractivity contribution in [2.45, 2.75) is 51.5 Å². The van der Waals surface area contributed by atoms with Crippen molar-refractivity contribution < 1.29 is 8.42 Å². The standard InChI is InChI=1S/C13H27N3O2S.ClH/c1-11-6-8-16(9-7-11)19(17,18)15-13(10-14)12-4-2-3-5-12;/h11-13,15H,2-10,14H2,1H3;1H. The smallest absolute Gasteiger partial charge is 0.279 e. The Labute approximate surface area is 129 Å². The zero-order valence-electron chi connectivity index (χ0n) is 12.3. The molecule has 20 heavy (non-hydrogen) atoms. The first kappa shape index (κ1) is 18.2. The van der Waals surface area contributed by atoms with Gasteiger partial charge in [0.2, 0.25) is 0 Å². The van der Waals surface area contributed by atoms with Crippen LogP contribution in [-0.2, 0) is 10.2 Å². The van der Waals surface area contributed by atoms with Crippen molar-refractivity contribution in [3.05, 3.63) is 0 Å². The van der Waals surface area contributed by atoms with E-state index < -0.39 is 10.2 Å². The van der Waals surface area contributed by atoms with Crippen LogP contribution in [0.5, 0.6) is 0 Å². The summed E-state index contributed by atoms with van der Waals surface area (Å²) in [6, 6.07) is -0.0909. The van der Waals surface area contributed by atoms with E-state index in [1.807, 2.05) is 0 Å². The molecule has 1 aliphatic carbocycles. The highest BCUT2D eigenvalue weighted by atomic mass is 35.5. The van der Waals surface area contributed by atoms with Gasteiger partial charge in [0.15, 0.2) is 0 Å². The van der Waals surface area contributed by atoms with E-state index in [2.05, 4.69) is 11.6 Å². The van der Waals surface area contributed by atoms with Crippen LogP contribution in [0.1, 0.15) is 45.4 Å². The minimum atomic E-state index is -3.35. The predicted octanol–water partition coefficient (Wildman–Crippen LogP) is 1.49. The highest BCUT2D eigenvalue weighted by Crippen LogP contribution is 2.28. The quantitative estimate of drug-likeness (QED) is 0.804. The Hall–Kier alpha value is 0.120. The molecular formula is C13H28ClN3O2S. The van der Waals surface area contributed by atoms with Crippen LogP contribution in [0, 0.1) is 11.8 Å². The molecular weight excluding hydrogens is 298 g/mol. The first-order valence-electron chi connectivity index (χ1n) is 7.50. The van der Waals surface area contributed by atoms with Crippen LogP contribution in [0.2, 0.25) is 0 Å². The number of hydrogen-bond acceptors (Lipinski definition) is 3. The van der Waals surface area contributed by atoms with Crippen LogP contribution in [0.4, 0.5) is 0 Å². The third-order valence-corrected chi connectivity index (χ3v) is 6.25. The van der Waals surface area contributed by atoms with Gasteiger partial charge in [-0.05, 0) is 37.5 Å². The van der Waals surface area contributed by atoms with Gasteiger partial charge in [-0.3, -0.25) is 0 Å². The van der Waals surface area contributed by atoms with E-state index in [1.54, 1.807) is 4.31 Å². The van der Waals surface area contributed by atoms with Crippen LogP contribution in [0.3, 0.4) is 0 Å². The van der Waals surface area contributed by atoms with E-state index in [-0.39, 0.29) is 18.4 Å². The number of nitrogens with one attached hydrogen (secondary N) is 1. The maximum Gasteiger partial charge on any atom is 0.279 e. The third kappa shape index (κ3) is 4.56. The van der Waals surface area contributed by atoms with Crippen molar-refractivity contribution in [1.29, 1.82) is 0 Å². The largest absolute Gasteiger partial charge is 0.329 e. The normalized spacial score (nSPS) is 24.5. The molecule has 1 unspecified atom stereocenters. The molecule has 0 aromatic heterocycles. The van der Waals surface area contributed by atoms with Crippen molar-refractivity contribution in [3.8, 4) is 0 Å². The summed E-state index contributed by atoms with van der Waals surface area (Å²) in [5.74, 6) is 1.05. The Bertz CT molecular complexity index is 377. The monoisotopic (exact) mass is 325 g/mol. The van der Waals surface area contributed by atoms with Crippen LogP contribution in [0.15, 0.2) is 0 Å². The Kier molecular flexibility index (Phi) is 7.21. The summed E-state index contributed by atoms with van der Waals surface area (Å²) in [4.78, 5) is 0.